The molecular formula is C16H12Cl2O3. The van der Waals surface area contributed by atoms with Gasteiger partial charge in [-0.2, -0.15) is 0 Å². The molecule has 0 spiro atoms. The monoisotopic (exact) mass is 322 g/mol. The van der Waals surface area contributed by atoms with Crippen molar-refractivity contribution in [3.63, 3.8) is 0 Å². The maximum Gasteiger partial charge on any atom is 0.331 e. The number of carbonyl (C=O) groups is 1. The van der Waals surface area contributed by atoms with Crippen molar-refractivity contribution in [2.75, 3.05) is 6.61 Å². The van der Waals surface area contributed by atoms with Gasteiger partial charge >= 0.3 is 5.97 Å². The molecule has 3 nitrogen and oxygen atoms in total. The number of esters is 1. The Morgan fingerprint density at radius 3 is 2.81 bits per heavy atom. The average Bonchev–Trinajstić information content (AvgIpc) is 2.91. The minimum atomic E-state index is -0.461. The van der Waals surface area contributed by atoms with E-state index in [2.05, 4.69) is 6.58 Å². The molecule has 1 heterocycles. The zero-order chi connectivity index (χ0) is 15.2. The third-order valence-corrected chi connectivity index (χ3v) is 3.10. The van der Waals surface area contributed by atoms with Crippen molar-refractivity contribution in [1.29, 1.82) is 0 Å². The second-order valence-electron chi connectivity index (χ2n) is 4.08. The first-order valence-corrected chi connectivity index (χ1v) is 6.86. The number of furan rings is 1. The molecule has 108 valence electrons. The van der Waals surface area contributed by atoms with Gasteiger partial charge in [-0.25, -0.2) is 4.79 Å². The Morgan fingerprint density at radius 2 is 2.10 bits per heavy atom. The molecule has 21 heavy (non-hydrogen) atoms. The van der Waals surface area contributed by atoms with Crippen LogP contribution in [-0.2, 0) is 9.53 Å². The minimum absolute atomic E-state index is 0.174. The molecule has 0 radical (unpaired) electrons. The highest BCUT2D eigenvalue weighted by Gasteiger charge is 2.08. The summed E-state index contributed by atoms with van der Waals surface area (Å²) in [4.78, 5) is 11.3. The molecule has 0 saturated carbocycles. The Balaban J connectivity index is 2.12. The molecule has 1 aromatic carbocycles. The minimum Gasteiger partial charge on any atom is -0.458 e. The lowest BCUT2D eigenvalue weighted by Gasteiger charge is -2.00. The molecule has 0 saturated heterocycles. The lowest BCUT2D eigenvalue weighted by molar-refractivity contribution is -0.136. The van der Waals surface area contributed by atoms with E-state index in [4.69, 9.17) is 32.4 Å². The number of benzene rings is 1. The second kappa shape index (κ2) is 7.16. The fraction of sp³-hybridized carbons (Fsp3) is 0.0625. The Hall–Kier alpha value is -1.97. The quantitative estimate of drug-likeness (QED) is 0.442. The van der Waals surface area contributed by atoms with E-state index in [1.165, 1.54) is 18.2 Å². The molecule has 5 heteroatoms. The highest BCUT2D eigenvalue weighted by atomic mass is 35.5. The summed E-state index contributed by atoms with van der Waals surface area (Å²) >= 11 is 12.0. The highest BCUT2D eigenvalue weighted by Crippen LogP contribution is 2.31. The lowest BCUT2D eigenvalue weighted by Crippen LogP contribution is -1.99. The van der Waals surface area contributed by atoms with E-state index < -0.39 is 5.97 Å². The molecule has 1 aromatic heterocycles. The van der Waals surface area contributed by atoms with E-state index >= 15 is 0 Å². The van der Waals surface area contributed by atoms with Gasteiger partial charge in [0.15, 0.2) is 0 Å². The smallest absolute Gasteiger partial charge is 0.331 e. The van der Waals surface area contributed by atoms with Crippen LogP contribution in [0.3, 0.4) is 0 Å². The van der Waals surface area contributed by atoms with Gasteiger partial charge in [0.2, 0.25) is 0 Å². The Morgan fingerprint density at radius 1 is 1.29 bits per heavy atom. The van der Waals surface area contributed by atoms with Gasteiger partial charge in [0.05, 0.1) is 5.02 Å². The first-order chi connectivity index (χ1) is 10.1. The molecule has 2 rings (SSSR count). The second-order valence-corrected chi connectivity index (χ2v) is 4.92. The number of hydrogen-bond acceptors (Lipinski definition) is 3. The van der Waals surface area contributed by atoms with Crippen LogP contribution in [0.1, 0.15) is 5.76 Å². The van der Waals surface area contributed by atoms with Gasteiger partial charge in [-0.15, -0.1) is 0 Å². The van der Waals surface area contributed by atoms with Crippen LogP contribution in [0.2, 0.25) is 10.0 Å². The number of rotatable bonds is 5. The molecule has 0 aliphatic rings. The molecule has 0 fully saturated rings. The Bertz CT molecular complexity index is 687. The van der Waals surface area contributed by atoms with Gasteiger partial charge in [0.1, 0.15) is 18.1 Å². The van der Waals surface area contributed by atoms with Crippen molar-refractivity contribution in [3.8, 4) is 11.3 Å². The molecule has 2 aromatic rings. The molecule has 0 atom stereocenters. The molecule has 0 N–H and O–H groups in total. The summed E-state index contributed by atoms with van der Waals surface area (Å²) in [6.07, 6.45) is 4.31. The zero-order valence-corrected chi connectivity index (χ0v) is 12.5. The van der Waals surface area contributed by atoms with Gasteiger partial charge in [0.25, 0.3) is 0 Å². The molecule has 0 bridgehead atoms. The summed E-state index contributed by atoms with van der Waals surface area (Å²) in [5.74, 6) is 0.653. The van der Waals surface area contributed by atoms with Gasteiger partial charge in [0, 0.05) is 16.7 Å². The fourth-order valence-electron chi connectivity index (χ4n) is 1.62. The van der Waals surface area contributed by atoms with E-state index in [-0.39, 0.29) is 6.61 Å². The van der Waals surface area contributed by atoms with Gasteiger partial charge in [-0.1, -0.05) is 35.9 Å². The standard InChI is InChI=1S/C16H12Cl2O3/c1-2-9-20-16(19)8-5-12-4-7-15(21-12)13-6-3-11(17)10-14(13)18/h2-8,10H,1,9H2/b8-5+. The van der Waals surface area contributed by atoms with Gasteiger partial charge in [-0.05, 0) is 36.4 Å². The van der Waals surface area contributed by atoms with Gasteiger partial charge in [-0.3, -0.25) is 0 Å². The third kappa shape index (κ3) is 4.25. The SMILES string of the molecule is C=CCOC(=O)/C=C/c1ccc(-c2ccc(Cl)cc2Cl)o1. The van der Waals surface area contributed by atoms with Crippen molar-refractivity contribution < 1.29 is 13.9 Å². The largest absolute Gasteiger partial charge is 0.458 e. The number of halogens is 2. The Labute approximate surface area is 132 Å². The summed E-state index contributed by atoms with van der Waals surface area (Å²) in [5.41, 5.74) is 0.731. The molecule has 0 amide bonds. The van der Waals surface area contributed by atoms with Gasteiger partial charge < -0.3 is 9.15 Å². The average molecular weight is 323 g/mol. The third-order valence-electron chi connectivity index (χ3n) is 2.55. The fourth-order valence-corrected chi connectivity index (χ4v) is 2.12. The van der Waals surface area contributed by atoms with E-state index in [1.54, 1.807) is 30.3 Å². The van der Waals surface area contributed by atoms with Crippen LogP contribution in [0.5, 0.6) is 0 Å². The van der Waals surface area contributed by atoms with Crippen LogP contribution in [0, 0.1) is 0 Å². The van der Waals surface area contributed by atoms with Crippen LogP contribution in [-0.4, -0.2) is 12.6 Å². The summed E-state index contributed by atoms with van der Waals surface area (Å²) < 4.78 is 10.4. The molecule has 0 aliphatic heterocycles. The van der Waals surface area contributed by atoms with E-state index in [0.717, 1.165) is 5.56 Å². The Kier molecular flexibility index (Phi) is 5.26. The van der Waals surface area contributed by atoms with Crippen LogP contribution in [0.25, 0.3) is 17.4 Å². The first kappa shape index (κ1) is 15.4. The topological polar surface area (TPSA) is 39.4 Å². The van der Waals surface area contributed by atoms with E-state index in [9.17, 15) is 4.79 Å². The summed E-state index contributed by atoms with van der Waals surface area (Å²) in [6.45, 7) is 3.63. The van der Waals surface area contributed by atoms with E-state index in [0.29, 0.717) is 21.6 Å². The maximum absolute atomic E-state index is 11.3. The number of carbonyl (C=O) groups excluding carboxylic acids is 1. The van der Waals surface area contributed by atoms with Crippen molar-refractivity contribution in [3.05, 3.63) is 64.9 Å². The van der Waals surface area contributed by atoms with Crippen molar-refractivity contribution in [2.45, 2.75) is 0 Å². The van der Waals surface area contributed by atoms with Crippen LogP contribution in [0.15, 0.2) is 53.5 Å². The molecule has 0 unspecified atom stereocenters. The normalized spacial score (nSPS) is 10.8. The van der Waals surface area contributed by atoms with Crippen LogP contribution >= 0.6 is 23.2 Å². The summed E-state index contributed by atoms with van der Waals surface area (Å²) in [5, 5.41) is 1.05. The highest BCUT2D eigenvalue weighted by molar-refractivity contribution is 6.36. The van der Waals surface area contributed by atoms with Crippen LogP contribution in [0.4, 0.5) is 0 Å². The summed E-state index contributed by atoms with van der Waals surface area (Å²) in [7, 11) is 0. The number of ether oxygens (including phenoxy) is 1. The van der Waals surface area contributed by atoms with Crippen molar-refractivity contribution >= 4 is 35.2 Å². The predicted molar refractivity (Wildman–Crippen MR) is 84.4 cm³/mol. The number of hydrogen-bond donors (Lipinski definition) is 0. The van der Waals surface area contributed by atoms with Crippen molar-refractivity contribution in [2.24, 2.45) is 0 Å². The lowest BCUT2D eigenvalue weighted by atomic mass is 10.2. The van der Waals surface area contributed by atoms with E-state index in [1.807, 2.05) is 0 Å². The predicted octanol–water partition coefficient (Wildman–Crippen LogP) is 5.00. The van der Waals surface area contributed by atoms with Crippen LogP contribution < -0.4 is 0 Å². The van der Waals surface area contributed by atoms with Crippen molar-refractivity contribution in [1.82, 2.24) is 0 Å². The maximum atomic E-state index is 11.3. The molecule has 0 aliphatic carbocycles. The molecular weight excluding hydrogens is 311 g/mol. The zero-order valence-electron chi connectivity index (χ0n) is 11.0. The summed E-state index contributed by atoms with van der Waals surface area (Å²) in [6, 6.07) is 8.65. The first-order valence-electron chi connectivity index (χ1n) is 6.11.